The van der Waals surface area contributed by atoms with Crippen LogP contribution in [0.5, 0.6) is 0 Å². The smallest absolute Gasteiger partial charge is 0.243 e. The molecule has 0 aliphatic heterocycles. The molecule has 0 aromatic heterocycles. The standard InChI is InChI=1S/C27H39N5O4/c1-19(25(29)34)31-26(35)23(14-8-9-15-28)32-27(36)24(17-21-12-6-3-7-13-21)30-18-22(33)16-20-10-4-2-5-11-20/h2-7,10-13,19,22-24,30,33H,8-9,14-18,28H2,1H3,(H2,29,34)(H,31,35)(H,32,36)/t19-,22?,23-,24-/m0/s1. The van der Waals surface area contributed by atoms with Crippen molar-refractivity contribution in [3.63, 3.8) is 0 Å². The van der Waals surface area contributed by atoms with Crippen LogP contribution < -0.4 is 27.4 Å². The van der Waals surface area contributed by atoms with Crippen LogP contribution in [0.15, 0.2) is 60.7 Å². The Bertz CT molecular complexity index is 942. The van der Waals surface area contributed by atoms with Gasteiger partial charge in [0.2, 0.25) is 17.7 Å². The van der Waals surface area contributed by atoms with Crippen LogP contribution in [0, 0.1) is 0 Å². The molecule has 36 heavy (non-hydrogen) atoms. The molecule has 0 bridgehead atoms. The molecule has 2 aromatic rings. The van der Waals surface area contributed by atoms with Gasteiger partial charge in [-0.25, -0.2) is 0 Å². The molecule has 0 fully saturated rings. The summed E-state index contributed by atoms with van der Waals surface area (Å²) in [6, 6.07) is 16.7. The van der Waals surface area contributed by atoms with Crippen molar-refractivity contribution in [1.82, 2.24) is 16.0 Å². The highest BCUT2D eigenvalue weighted by atomic mass is 16.3. The summed E-state index contributed by atoms with van der Waals surface area (Å²) in [5.41, 5.74) is 12.8. The molecule has 2 aromatic carbocycles. The maximum Gasteiger partial charge on any atom is 0.243 e. The second kappa shape index (κ2) is 15.7. The number of nitrogens with two attached hydrogens (primary N) is 2. The quantitative estimate of drug-likeness (QED) is 0.184. The number of primary amides is 1. The van der Waals surface area contributed by atoms with Crippen molar-refractivity contribution in [2.24, 2.45) is 11.5 Å². The number of hydrogen-bond donors (Lipinski definition) is 6. The highest BCUT2D eigenvalue weighted by Gasteiger charge is 2.27. The molecule has 1 unspecified atom stereocenters. The topological polar surface area (TPSA) is 160 Å². The zero-order valence-corrected chi connectivity index (χ0v) is 20.9. The lowest BCUT2D eigenvalue weighted by Crippen LogP contribution is -2.56. The van der Waals surface area contributed by atoms with E-state index in [1.807, 2.05) is 60.7 Å². The molecule has 0 heterocycles. The predicted molar refractivity (Wildman–Crippen MR) is 140 cm³/mol. The average Bonchev–Trinajstić information content (AvgIpc) is 2.87. The Labute approximate surface area is 213 Å². The van der Waals surface area contributed by atoms with Crippen molar-refractivity contribution in [2.45, 2.75) is 63.3 Å². The molecule has 0 saturated carbocycles. The van der Waals surface area contributed by atoms with E-state index in [0.29, 0.717) is 38.6 Å². The van der Waals surface area contributed by atoms with Gasteiger partial charge in [0.1, 0.15) is 12.1 Å². The van der Waals surface area contributed by atoms with Gasteiger partial charge in [-0.05, 0) is 56.7 Å². The van der Waals surface area contributed by atoms with Gasteiger partial charge in [-0.15, -0.1) is 0 Å². The molecule has 0 spiro atoms. The van der Waals surface area contributed by atoms with E-state index in [4.69, 9.17) is 11.5 Å². The third kappa shape index (κ3) is 10.6. The Balaban J connectivity index is 2.10. The monoisotopic (exact) mass is 497 g/mol. The van der Waals surface area contributed by atoms with Crippen LogP contribution in [0.4, 0.5) is 0 Å². The highest BCUT2D eigenvalue weighted by molar-refractivity contribution is 5.92. The summed E-state index contributed by atoms with van der Waals surface area (Å²) in [5.74, 6) is -1.51. The molecule has 3 amide bonds. The Hall–Kier alpha value is -3.27. The van der Waals surface area contributed by atoms with Crippen molar-refractivity contribution >= 4 is 17.7 Å². The lowest BCUT2D eigenvalue weighted by Gasteiger charge is -2.25. The number of unbranched alkanes of at least 4 members (excludes halogenated alkanes) is 1. The van der Waals surface area contributed by atoms with Crippen LogP contribution >= 0.6 is 0 Å². The number of aliphatic hydroxyl groups is 1. The summed E-state index contributed by atoms with van der Waals surface area (Å²) >= 11 is 0. The van der Waals surface area contributed by atoms with Gasteiger partial charge >= 0.3 is 0 Å². The number of amides is 3. The van der Waals surface area contributed by atoms with Gasteiger partial charge < -0.3 is 32.5 Å². The summed E-state index contributed by atoms with van der Waals surface area (Å²) < 4.78 is 0. The molecule has 196 valence electrons. The molecule has 9 heteroatoms. The van der Waals surface area contributed by atoms with E-state index in [1.54, 1.807) is 0 Å². The first kappa shape index (κ1) is 29.0. The zero-order chi connectivity index (χ0) is 26.3. The summed E-state index contributed by atoms with van der Waals surface area (Å²) in [6.07, 6.45) is 1.82. The minimum absolute atomic E-state index is 0.197. The molecular weight excluding hydrogens is 458 g/mol. The number of rotatable bonds is 16. The van der Waals surface area contributed by atoms with E-state index in [1.165, 1.54) is 6.92 Å². The van der Waals surface area contributed by atoms with Crippen molar-refractivity contribution < 1.29 is 19.5 Å². The Morgan fingerprint density at radius 2 is 1.39 bits per heavy atom. The van der Waals surface area contributed by atoms with Gasteiger partial charge in [0.15, 0.2) is 0 Å². The third-order valence-corrected chi connectivity index (χ3v) is 5.88. The fourth-order valence-corrected chi connectivity index (χ4v) is 3.76. The summed E-state index contributed by atoms with van der Waals surface area (Å²) in [7, 11) is 0. The molecule has 4 atom stereocenters. The highest BCUT2D eigenvalue weighted by Crippen LogP contribution is 2.08. The Kier molecular flexibility index (Phi) is 12.6. The van der Waals surface area contributed by atoms with Gasteiger partial charge in [0.25, 0.3) is 0 Å². The maximum absolute atomic E-state index is 13.3. The van der Waals surface area contributed by atoms with Gasteiger partial charge in [-0.3, -0.25) is 14.4 Å². The van der Waals surface area contributed by atoms with Crippen LogP contribution in [-0.4, -0.2) is 60.1 Å². The molecule has 8 N–H and O–H groups in total. The van der Waals surface area contributed by atoms with Crippen LogP contribution in [0.1, 0.15) is 37.3 Å². The minimum Gasteiger partial charge on any atom is -0.391 e. The Morgan fingerprint density at radius 3 is 1.94 bits per heavy atom. The van der Waals surface area contributed by atoms with Crippen LogP contribution in [0.3, 0.4) is 0 Å². The zero-order valence-electron chi connectivity index (χ0n) is 20.9. The number of carbonyl (C=O) groups excluding carboxylic acids is 3. The van der Waals surface area contributed by atoms with E-state index < -0.39 is 36.0 Å². The minimum atomic E-state index is -0.863. The van der Waals surface area contributed by atoms with E-state index in [2.05, 4.69) is 16.0 Å². The molecule has 0 aliphatic rings. The third-order valence-electron chi connectivity index (χ3n) is 5.88. The fourth-order valence-electron chi connectivity index (χ4n) is 3.76. The van der Waals surface area contributed by atoms with E-state index in [-0.39, 0.29) is 12.5 Å². The van der Waals surface area contributed by atoms with Gasteiger partial charge in [0, 0.05) is 6.54 Å². The molecule has 9 nitrogen and oxygen atoms in total. The van der Waals surface area contributed by atoms with Crippen LogP contribution in [0.25, 0.3) is 0 Å². The molecule has 2 rings (SSSR count). The maximum atomic E-state index is 13.3. The average molecular weight is 498 g/mol. The second-order valence-electron chi connectivity index (χ2n) is 8.97. The van der Waals surface area contributed by atoms with Crippen molar-refractivity contribution in [2.75, 3.05) is 13.1 Å². The van der Waals surface area contributed by atoms with Crippen molar-refractivity contribution in [1.29, 1.82) is 0 Å². The van der Waals surface area contributed by atoms with Crippen molar-refractivity contribution in [3.8, 4) is 0 Å². The van der Waals surface area contributed by atoms with Crippen molar-refractivity contribution in [3.05, 3.63) is 71.8 Å². The van der Waals surface area contributed by atoms with E-state index in [0.717, 1.165) is 11.1 Å². The molecular formula is C27H39N5O4. The van der Waals surface area contributed by atoms with Gasteiger partial charge in [0.05, 0.1) is 12.1 Å². The number of hydrogen-bond acceptors (Lipinski definition) is 6. The van der Waals surface area contributed by atoms with Crippen LogP contribution in [0.2, 0.25) is 0 Å². The number of aliphatic hydroxyl groups excluding tert-OH is 1. The fraction of sp³-hybridized carbons (Fsp3) is 0.444. The first-order valence-electron chi connectivity index (χ1n) is 12.4. The molecule has 0 aliphatic carbocycles. The lowest BCUT2D eigenvalue weighted by molar-refractivity contribution is -0.132. The lowest BCUT2D eigenvalue weighted by atomic mass is 10.0. The summed E-state index contributed by atoms with van der Waals surface area (Å²) in [6.45, 7) is 2.16. The van der Waals surface area contributed by atoms with Gasteiger partial charge in [-0.1, -0.05) is 60.7 Å². The molecule has 0 radical (unpaired) electrons. The van der Waals surface area contributed by atoms with E-state index in [9.17, 15) is 19.5 Å². The predicted octanol–water partition coefficient (Wildman–Crippen LogP) is 0.395. The largest absolute Gasteiger partial charge is 0.391 e. The normalized spacial score (nSPS) is 14.3. The SMILES string of the molecule is C[C@H](NC(=O)[C@H](CCCCN)NC(=O)[C@H](Cc1ccccc1)NCC(O)Cc1ccccc1)C(N)=O. The Morgan fingerprint density at radius 1 is 0.833 bits per heavy atom. The first-order valence-corrected chi connectivity index (χ1v) is 12.4. The summed E-state index contributed by atoms with van der Waals surface area (Å²) in [4.78, 5) is 37.5. The number of benzene rings is 2. The number of carbonyl (C=O) groups is 3. The van der Waals surface area contributed by atoms with Crippen LogP contribution in [-0.2, 0) is 27.2 Å². The number of nitrogens with one attached hydrogen (secondary N) is 3. The first-order chi connectivity index (χ1) is 17.3. The molecule has 0 saturated heterocycles. The van der Waals surface area contributed by atoms with Gasteiger partial charge in [-0.2, -0.15) is 0 Å². The van der Waals surface area contributed by atoms with E-state index >= 15 is 0 Å². The summed E-state index contributed by atoms with van der Waals surface area (Å²) in [5, 5.41) is 19.1. The second-order valence-corrected chi connectivity index (χ2v) is 8.97.